The quantitative estimate of drug-likeness (QED) is 0.708. The van der Waals surface area contributed by atoms with Crippen LogP contribution < -0.4 is 5.32 Å². The highest BCUT2D eigenvalue weighted by atomic mass is 15.2. The van der Waals surface area contributed by atoms with Crippen molar-refractivity contribution in [2.75, 3.05) is 26.2 Å². The molecule has 2 aliphatic rings. The number of hydrogen-bond acceptors (Lipinski definition) is 2. The van der Waals surface area contributed by atoms with Crippen molar-refractivity contribution >= 4 is 0 Å². The predicted molar refractivity (Wildman–Crippen MR) is 55.8 cm³/mol. The minimum Gasteiger partial charge on any atom is -0.316 e. The Labute approximate surface area is 81.7 Å². The molecule has 0 spiro atoms. The second kappa shape index (κ2) is 3.97. The Morgan fingerprint density at radius 2 is 2.08 bits per heavy atom. The standard InChI is InChI=1S/C11H22N2/c1-9-5-10(2)13(8-9)4-3-11-6-12-7-11/h9-12H,3-8H2,1-2H3. The van der Waals surface area contributed by atoms with Gasteiger partial charge in [0, 0.05) is 12.6 Å². The Morgan fingerprint density at radius 3 is 2.54 bits per heavy atom. The van der Waals surface area contributed by atoms with Gasteiger partial charge in [0.2, 0.25) is 0 Å². The Balaban J connectivity index is 1.68. The maximum absolute atomic E-state index is 3.34. The van der Waals surface area contributed by atoms with Crippen molar-refractivity contribution < 1.29 is 0 Å². The molecule has 0 aliphatic carbocycles. The van der Waals surface area contributed by atoms with Crippen LogP contribution in [0.5, 0.6) is 0 Å². The zero-order valence-electron chi connectivity index (χ0n) is 8.92. The molecule has 2 heteroatoms. The fourth-order valence-electron chi connectivity index (χ4n) is 2.60. The summed E-state index contributed by atoms with van der Waals surface area (Å²) in [7, 11) is 0. The summed E-state index contributed by atoms with van der Waals surface area (Å²) >= 11 is 0. The lowest BCUT2D eigenvalue weighted by Gasteiger charge is -2.30. The highest BCUT2D eigenvalue weighted by molar-refractivity contribution is 4.82. The van der Waals surface area contributed by atoms with Crippen LogP contribution >= 0.6 is 0 Å². The van der Waals surface area contributed by atoms with Gasteiger partial charge in [-0.15, -0.1) is 0 Å². The van der Waals surface area contributed by atoms with E-state index in [1.807, 2.05) is 0 Å². The molecular weight excluding hydrogens is 160 g/mol. The van der Waals surface area contributed by atoms with Gasteiger partial charge in [0.15, 0.2) is 0 Å². The molecule has 13 heavy (non-hydrogen) atoms. The van der Waals surface area contributed by atoms with E-state index < -0.39 is 0 Å². The van der Waals surface area contributed by atoms with Crippen LogP contribution in [0.1, 0.15) is 26.7 Å². The van der Waals surface area contributed by atoms with Crippen LogP contribution in [0.3, 0.4) is 0 Å². The van der Waals surface area contributed by atoms with E-state index in [1.54, 1.807) is 0 Å². The Hall–Kier alpha value is -0.0800. The largest absolute Gasteiger partial charge is 0.316 e. The molecular formula is C11H22N2. The van der Waals surface area contributed by atoms with Gasteiger partial charge in [0.05, 0.1) is 0 Å². The van der Waals surface area contributed by atoms with Gasteiger partial charge in [-0.3, -0.25) is 0 Å². The second-order valence-electron chi connectivity index (χ2n) is 5.00. The van der Waals surface area contributed by atoms with Gasteiger partial charge in [-0.05, 0) is 51.2 Å². The molecule has 0 amide bonds. The predicted octanol–water partition coefficient (Wildman–Crippen LogP) is 1.33. The fourth-order valence-corrected chi connectivity index (χ4v) is 2.60. The van der Waals surface area contributed by atoms with E-state index in [-0.39, 0.29) is 0 Å². The first-order chi connectivity index (χ1) is 6.25. The third kappa shape index (κ3) is 2.23. The van der Waals surface area contributed by atoms with Gasteiger partial charge in [0.25, 0.3) is 0 Å². The average Bonchev–Trinajstić information content (AvgIpc) is 2.27. The summed E-state index contributed by atoms with van der Waals surface area (Å²) in [5.74, 6) is 1.90. The van der Waals surface area contributed by atoms with Gasteiger partial charge < -0.3 is 10.2 Å². The molecule has 1 N–H and O–H groups in total. The highest BCUT2D eigenvalue weighted by Crippen LogP contribution is 2.23. The van der Waals surface area contributed by atoms with Crippen LogP contribution in [0, 0.1) is 11.8 Å². The van der Waals surface area contributed by atoms with Gasteiger partial charge in [-0.25, -0.2) is 0 Å². The molecule has 2 rings (SSSR count). The molecule has 0 radical (unpaired) electrons. The first kappa shape index (κ1) is 9.47. The van der Waals surface area contributed by atoms with Crippen molar-refractivity contribution in [2.45, 2.75) is 32.7 Å². The minimum atomic E-state index is 0.836. The number of likely N-dealkylation sites (tertiary alicyclic amines) is 1. The lowest BCUT2D eigenvalue weighted by molar-refractivity contribution is 0.219. The number of nitrogens with zero attached hydrogens (tertiary/aromatic N) is 1. The summed E-state index contributed by atoms with van der Waals surface area (Å²) in [6.07, 6.45) is 2.81. The lowest BCUT2D eigenvalue weighted by atomic mass is 9.99. The summed E-state index contributed by atoms with van der Waals surface area (Å²) in [5, 5.41) is 3.34. The molecule has 2 aliphatic heterocycles. The van der Waals surface area contributed by atoms with Crippen LogP contribution in [0.15, 0.2) is 0 Å². The second-order valence-corrected chi connectivity index (χ2v) is 5.00. The maximum atomic E-state index is 3.34. The van der Waals surface area contributed by atoms with Gasteiger partial charge in [-0.1, -0.05) is 6.92 Å². The van der Waals surface area contributed by atoms with Crippen LogP contribution in [0.25, 0.3) is 0 Å². The first-order valence-electron chi connectivity index (χ1n) is 5.70. The van der Waals surface area contributed by atoms with Crippen molar-refractivity contribution in [3.8, 4) is 0 Å². The van der Waals surface area contributed by atoms with Crippen LogP contribution in [0.2, 0.25) is 0 Å². The summed E-state index contributed by atoms with van der Waals surface area (Å²) in [4.78, 5) is 2.67. The van der Waals surface area contributed by atoms with E-state index in [2.05, 4.69) is 24.1 Å². The number of hydrogen-bond donors (Lipinski definition) is 1. The van der Waals surface area contributed by atoms with Crippen molar-refractivity contribution in [1.29, 1.82) is 0 Å². The average molecular weight is 182 g/mol. The molecule has 0 aromatic rings. The van der Waals surface area contributed by atoms with E-state index in [0.717, 1.165) is 17.9 Å². The van der Waals surface area contributed by atoms with Crippen molar-refractivity contribution in [3.63, 3.8) is 0 Å². The van der Waals surface area contributed by atoms with Crippen LogP contribution in [-0.4, -0.2) is 37.1 Å². The molecule has 76 valence electrons. The molecule has 0 aromatic heterocycles. The monoisotopic (exact) mass is 182 g/mol. The molecule has 0 saturated carbocycles. The van der Waals surface area contributed by atoms with E-state index >= 15 is 0 Å². The zero-order chi connectivity index (χ0) is 9.26. The molecule has 2 nitrogen and oxygen atoms in total. The number of nitrogens with one attached hydrogen (secondary N) is 1. The highest BCUT2D eigenvalue weighted by Gasteiger charge is 2.27. The van der Waals surface area contributed by atoms with Crippen molar-refractivity contribution in [2.24, 2.45) is 11.8 Å². The summed E-state index contributed by atoms with van der Waals surface area (Å²) in [6, 6.07) is 0.836. The third-order valence-corrected chi connectivity index (χ3v) is 3.60. The smallest absolute Gasteiger partial charge is 0.00700 e. The number of rotatable bonds is 3. The lowest BCUT2D eigenvalue weighted by Crippen LogP contribution is -2.44. The van der Waals surface area contributed by atoms with Crippen LogP contribution in [0.4, 0.5) is 0 Å². The van der Waals surface area contributed by atoms with E-state index in [0.29, 0.717) is 0 Å². The summed E-state index contributed by atoms with van der Waals surface area (Å²) in [5.41, 5.74) is 0. The van der Waals surface area contributed by atoms with Gasteiger partial charge in [-0.2, -0.15) is 0 Å². The molecule has 2 unspecified atom stereocenters. The maximum Gasteiger partial charge on any atom is 0.00700 e. The van der Waals surface area contributed by atoms with Crippen molar-refractivity contribution in [3.05, 3.63) is 0 Å². The summed E-state index contributed by atoms with van der Waals surface area (Å²) < 4.78 is 0. The first-order valence-corrected chi connectivity index (χ1v) is 5.70. The molecule has 2 fully saturated rings. The molecule has 2 saturated heterocycles. The van der Waals surface area contributed by atoms with Gasteiger partial charge in [0.1, 0.15) is 0 Å². The third-order valence-electron chi connectivity index (χ3n) is 3.60. The Kier molecular flexibility index (Phi) is 2.89. The SMILES string of the molecule is CC1CC(C)N(CCC2CNC2)C1. The Bertz CT molecular complexity index is 165. The minimum absolute atomic E-state index is 0.836. The van der Waals surface area contributed by atoms with E-state index in [1.165, 1.54) is 39.0 Å². The Morgan fingerprint density at radius 1 is 1.31 bits per heavy atom. The zero-order valence-corrected chi connectivity index (χ0v) is 8.92. The van der Waals surface area contributed by atoms with E-state index in [4.69, 9.17) is 0 Å². The molecule has 0 bridgehead atoms. The van der Waals surface area contributed by atoms with Gasteiger partial charge >= 0.3 is 0 Å². The summed E-state index contributed by atoms with van der Waals surface area (Å²) in [6.45, 7) is 9.94. The normalized spacial score (nSPS) is 36.5. The molecule has 0 aromatic carbocycles. The fraction of sp³-hybridized carbons (Fsp3) is 1.00. The van der Waals surface area contributed by atoms with Crippen molar-refractivity contribution in [1.82, 2.24) is 10.2 Å². The topological polar surface area (TPSA) is 15.3 Å². The van der Waals surface area contributed by atoms with E-state index in [9.17, 15) is 0 Å². The molecule has 2 heterocycles. The molecule has 2 atom stereocenters. The van der Waals surface area contributed by atoms with Crippen LogP contribution in [-0.2, 0) is 0 Å².